The third kappa shape index (κ3) is 5.84. The van der Waals surface area contributed by atoms with Gasteiger partial charge in [-0.15, -0.1) is 0 Å². The van der Waals surface area contributed by atoms with E-state index in [0.717, 1.165) is 0 Å². The van der Waals surface area contributed by atoms with Crippen molar-refractivity contribution < 1.29 is 9.42 Å². The highest BCUT2D eigenvalue weighted by molar-refractivity contribution is 7.45. The van der Waals surface area contributed by atoms with Crippen molar-refractivity contribution in [3.8, 4) is 6.07 Å². The molecule has 0 heterocycles. The van der Waals surface area contributed by atoms with Gasteiger partial charge in [-0.3, -0.25) is 0 Å². The fraction of sp³-hybridized carbons (Fsp3) is 0.750. The lowest BCUT2D eigenvalue weighted by molar-refractivity contribution is 0.322. The van der Waals surface area contributed by atoms with Gasteiger partial charge in [0.1, 0.15) is 0 Å². The van der Waals surface area contributed by atoms with Gasteiger partial charge in [0.05, 0.1) is 19.1 Å². The molecule has 0 bridgehead atoms. The summed E-state index contributed by atoms with van der Waals surface area (Å²) in [7, 11) is -1.26. The number of nitrogens with zero attached hydrogens (tertiary/aromatic N) is 1. The number of rotatable bonds is 3. The fourth-order valence-corrected chi connectivity index (χ4v) is 0.579. The molecule has 0 amide bonds. The monoisotopic (exact) mass is 133 g/mol. The van der Waals surface area contributed by atoms with E-state index < -0.39 is 8.38 Å². The van der Waals surface area contributed by atoms with E-state index in [-0.39, 0.29) is 0 Å². The van der Waals surface area contributed by atoms with Crippen LogP contribution in [0.5, 0.6) is 0 Å². The first-order valence-electron chi connectivity index (χ1n) is 2.20. The molecule has 0 aliphatic rings. The second-order valence-electron chi connectivity index (χ2n) is 1.21. The Hall–Kier alpha value is -0.160. The first-order valence-corrected chi connectivity index (χ1v) is 3.86. The first-order chi connectivity index (χ1) is 3.77. The molecule has 0 aromatic rings. The molecule has 0 aromatic heterocycles. The molecule has 1 atom stereocenters. The van der Waals surface area contributed by atoms with E-state index in [1.807, 2.05) is 6.07 Å². The van der Waals surface area contributed by atoms with Gasteiger partial charge >= 0.3 is 0 Å². The van der Waals surface area contributed by atoms with Crippen LogP contribution in [0.25, 0.3) is 0 Å². The molecule has 1 N–H and O–H groups in total. The van der Waals surface area contributed by atoms with Crippen LogP contribution in [0, 0.1) is 11.3 Å². The molecule has 46 valence electrons. The van der Waals surface area contributed by atoms with E-state index in [1.54, 1.807) is 6.66 Å². The molecule has 0 spiro atoms. The largest absolute Gasteiger partial charge is 0.350 e. The van der Waals surface area contributed by atoms with Crippen LogP contribution in [0.15, 0.2) is 0 Å². The van der Waals surface area contributed by atoms with E-state index in [1.165, 1.54) is 0 Å². The van der Waals surface area contributed by atoms with Crippen LogP contribution in [0.2, 0.25) is 0 Å². The van der Waals surface area contributed by atoms with E-state index in [2.05, 4.69) is 4.52 Å². The highest BCUT2D eigenvalue weighted by Gasteiger charge is 1.91. The third-order valence-electron chi connectivity index (χ3n) is 0.492. The zero-order valence-corrected chi connectivity index (χ0v) is 5.56. The van der Waals surface area contributed by atoms with Gasteiger partial charge < -0.3 is 9.42 Å². The summed E-state index contributed by atoms with van der Waals surface area (Å²) in [6, 6.07) is 1.90. The zero-order chi connectivity index (χ0) is 6.41. The van der Waals surface area contributed by atoms with Crippen LogP contribution < -0.4 is 0 Å². The highest BCUT2D eigenvalue weighted by atomic mass is 31.2. The lowest BCUT2D eigenvalue weighted by Gasteiger charge is -1.99. The van der Waals surface area contributed by atoms with Gasteiger partial charge in [0.25, 0.3) is 0 Å². The number of hydrogen-bond acceptors (Lipinski definition) is 3. The standard InChI is InChI=1S/C4H8NO2P/c1-8(6)7-4-2-3-5/h6H,2,4H2,1H3. The molecule has 0 rings (SSSR count). The maximum absolute atomic E-state index is 8.51. The van der Waals surface area contributed by atoms with Crippen molar-refractivity contribution in [3.05, 3.63) is 0 Å². The third-order valence-corrected chi connectivity index (χ3v) is 1.05. The molecule has 4 heteroatoms. The summed E-state index contributed by atoms with van der Waals surface area (Å²) in [4.78, 5) is 8.51. The minimum absolute atomic E-state index is 0.342. The van der Waals surface area contributed by atoms with E-state index >= 15 is 0 Å². The van der Waals surface area contributed by atoms with Crippen molar-refractivity contribution in [2.24, 2.45) is 0 Å². The summed E-state index contributed by atoms with van der Waals surface area (Å²) >= 11 is 0. The Balaban J connectivity index is 2.85. The van der Waals surface area contributed by atoms with E-state index in [9.17, 15) is 0 Å². The smallest absolute Gasteiger partial charge is 0.164 e. The maximum atomic E-state index is 8.51. The lowest BCUT2D eigenvalue weighted by atomic mass is 10.5. The maximum Gasteiger partial charge on any atom is 0.164 e. The Morgan fingerprint density at radius 1 is 1.88 bits per heavy atom. The van der Waals surface area contributed by atoms with Crippen molar-refractivity contribution in [1.82, 2.24) is 0 Å². The van der Waals surface area contributed by atoms with Gasteiger partial charge in [-0.05, 0) is 0 Å². The topological polar surface area (TPSA) is 53.2 Å². The van der Waals surface area contributed by atoms with E-state index in [0.29, 0.717) is 13.0 Å². The van der Waals surface area contributed by atoms with Gasteiger partial charge in [0.2, 0.25) is 0 Å². The second-order valence-corrected chi connectivity index (χ2v) is 2.39. The molecule has 8 heavy (non-hydrogen) atoms. The van der Waals surface area contributed by atoms with Crippen molar-refractivity contribution >= 4 is 8.38 Å². The molecule has 0 aliphatic carbocycles. The van der Waals surface area contributed by atoms with Gasteiger partial charge in [-0.2, -0.15) is 5.26 Å². The molecule has 0 aromatic carbocycles. The summed E-state index contributed by atoms with van der Waals surface area (Å²) in [5, 5.41) is 7.97. The van der Waals surface area contributed by atoms with Crippen LogP contribution in [0.4, 0.5) is 0 Å². The van der Waals surface area contributed by atoms with Gasteiger partial charge in [-0.1, -0.05) is 0 Å². The first kappa shape index (κ1) is 7.84. The van der Waals surface area contributed by atoms with E-state index in [4.69, 9.17) is 10.2 Å². The molecular weight excluding hydrogens is 125 g/mol. The SMILES string of the molecule is CP(O)OCCC#N. The summed E-state index contributed by atoms with van der Waals surface area (Å²) in [5.41, 5.74) is 0. The average Bonchev–Trinajstić information content (AvgIpc) is 1.66. The van der Waals surface area contributed by atoms with Crippen LogP contribution >= 0.6 is 8.38 Å². The summed E-state index contributed by atoms with van der Waals surface area (Å²) in [6.07, 6.45) is 0.354. The minimum Gasteiger partial charge on any atom is -0.350 e. The fourth-order valence-electron chi connectivity index (χ4n) is 0.223. The van der Waals surface area contributed by atoms with Crippen molar-refractivity contribution in [2.45, 2.75) is 6.42 Å². The predicted octanol–water partition coefficient (Wildman–Crippen LogP) is 0.851. The Morgan fingerprint density at radius 2 is 2.50 bits per heavy atom. The Bertz CT molecular complexity index is 88.5. The predicted molar refractivity (Wildman–Crippen MR) is 31.2 cm³/mol. The van der Waals surface area contributed by atoms with Crippen LogP contribution in [0.1, 0.15) is 6.42 Å². The molecule has 0 saturated carbocycles. The van der Waals surface area contributed by atoms with Gasteiger partial charge in [0.15, 0.2) is 8.38 Å². The van der Waals surface area contributed by atoms with Crippen molar-refractivity contribution in [2.75, 3.05) is 13.3 Å². The molecule has 1 unspecified atom stereocenters. The normalized spacial score (nSPS) is 12.6. The quantitative estimate of drug-likeness (QED) is 0.458. The lowest BCUT2D eigenvalue weighted by Crippen LogP contribution is -1.84. The molecule has 0 fully saturated rings. The van der Waals surface area contributed by atoms with Gasteiger partial charge in [-0.25, -0.2) is 0 Å². The molecule has 0 aliphatic heterocycles. The van der Waals surface area contributed by atoms with Crippen molar-refractivity contribution in [3.63, 3.8) is 0 Å². The summed E-state index contributed by atoms with van der Waals surface area (Å²) in [6.45, 7) is 1.92. The molecule has 0 saturated heterocycles. The van der Waals surface area contributed by atoms with Crippen molar-refractivity contribution in [1.29, 1.82) is 5.26 Å². The number of nitriles is 1. The Kier molecular flexibility index (Phi) is 4.89. The highest BCUT2D eigenvalue weighted by Crippen LogP contribution is 2.24. The Morgan fingerprint density at radius 3 is 2.88 bits per heavy atom. The molecule has 0 radical (unpaired) electrons. The molecule has 3 nitrogen and oxygen atoms in total. The zero-order valence-electron chi connectivity index (χ0n) is 4.66. The molecular formula is C4H8NO2P. The minimum atomic E-state index is -1.26. The van der Waals surface area contributed by atoms with Crippen LogP contribution in [-0.2, 0) is 4.52 Å². The second kappa shape index (κ2) is 4.99. The Labute approximate surface area is 49.8 Å². The summed E-state index contributed by atoms with van der Waals surface area (Å²) < 4.78 is 4.68. The number of hydrogen-bond donors (Lipinski definition) is 1. The van der Waals surface area contributed by atoms with Crippen LogP contribution in [-0.4, -0.2) is 18.2 Å². The average molecular weight is 133 g/mol. The van der Waals surface area contributed by atoms with Gasteiger partial charge in [0, 0.05) is 6.66 Å². The van der Waals surface area contributed by atoms with Crippen LogP contribution in [0.3, 0.4) is 0 Å². The summed E-state index contributed by atoms with van der Waals surface area (Å²) in [5.74, 6) is 0.